The molecule has 1 aliphatic rings. The summed E-state index contributed by atoms with van der Waals surface area (Å²) in [4.78, 5) is 12.1. The van der Waals surface area contributed by atoms with E-state index in [1.54, 1.807) is 7.05 Å². The number of rotatable bonds is 1. The van der Waals surface area contributed by atoms with E-state index in [9.17, 15) is 9.90 Å². The predicted molar refractivity (Wildman–Crippen MR) is 62.2 cm³/mol. The van der Waals surface area contributed by atoms with Crippen LogP contribution in [-0.2, 0) is 0 Å². The van der Waals surface area contributed by atoms with E-state index in [4.69, 9.17) is 0 Å². The van der Waals surface area contributed by atoms with Gasteiger partial charge in [0.1, 0.15) is 6.09 Å². The zero-order valence-corrected chi connectivity index (χ0v) is 10.8. The van der Waals surface area contributed by atoms with Crippen LogP contribution >= 0.6 is 22.6 Å². The van der Waals surface area contributed by atoms with Crippen LogP contribution in [0.2, 0.25) is 0 Å². The molecule has 0 bridgehead atoms. The second-order valence-electron chi connectivity index (χ2n) is 3.91. The largest absolute Gasteiger partial charge is 0.530 e. The Morgan fingerprint density at radius 1 is 1.36 bits per heavy atom. The van der Waals surface area contributed by atoms with Crippen molar-refractivity contribution in [2.75, 3.05) is 7.05 Å². The number of halogens is 1. The lowest BCUT2D eigenvalue weighted by Crippen LogP contribution is -2.53. The van der Waals surface area contributed by atoms with Crippen LogP contribution in [0.15, 0.2) is 12.2 Å². The molecule has 80 valence electrons. The van der Waals surface area contributed by atoms with Crippen molar-refractivity contribution in [1.29, 1.82) is 0 Å². The third-order valence-electron chi connectivity index (χ3n) is 2.82. The maximum absolute atomic E-state index is 10.8. The van der Waals surface area contributed by atoms with Crippen molar-refractivity contribution < 1.29 is 9.90 Å². The lowest BCUT2D eigenvalue weighted by molar-refractivity contribution is -0.267. The Bertz CT molecular complexity index is 255. The fraction of sp³-hybridized carbons (Fsp3) is 0.700. The van der Waals surface area contributed by atoms with Gasteiger partial charge in [0.15, 0.2) is 0 Å². The van der Waals surface area contributed by atoms with Crippen LogP contribution < -0.4 is 5.11 Å². The summed E-state index contributed by atoms with van der Waals surface area (Å²) in [6.07, 6.45) is 3.15. The van der Waals surface area contributed by atoms with Crippen molar-refractivity contribution in [3.63, 3.8) is 0 Å². The number of amides is 1. The first-order valence-electron chi connectivity index (χ1n) is 4.71. The summed E-state index contributed by atoms with van der Waals surface area (Å²) in [6.45, 7) is 4.15. The zero-order chi connectivity index (χ0) is 10.9. The van der Waals surface area contributed by atoms with Crippen LogP contribution in [0.5, 0.6) is 0 Å². The Morgan fingerprint density at radius 3 is 2.36 bits per heavy atom. The quantitative estimate of drug-likeness (QED) is 0.416. The second kappa shape index (κ2) is 4.51. The molecule has 0 aromatic rings. The molecular weight excluding hydrogens is 293 g/mol. The number of nitrogens with zero attached hydrogens (tertiary/aromatic N) is 1. The van der Waals surface area contributed by atoms with Crippen LogP contribution in [0.4, 0.5) is 4.79 Å². The third kappa shape index (κ3) is 2.21. The Balaban J connectivity index is 2.85. The molecule has 4 heteroatoms. The average molecular weight is 308 g/mol. The number of carbonyl (C=O) groups is 1. The molecule has 0 saturated heterocycles. The van der Waals surface area contributed by atoms with E-state index in [2.05, 4.69) is 41.7 Å². The standard InChI is InChI=1S/C10H16INO2/c1-6-4-5-7(2)9(8(6)11)12(3)10(13)14/h4-9H,1-3H3,(H,13,14)/p-1. The predicted octanol–water partition coefficient (Wildman–Crippen LogP) is 1.28. The van der Waals surface area contributed by atoms with Crippen molar-refractivity contribution >= 4 is 28.7 Å². The minimum atomic E-state index is -1.09. The van der Waals surface area contributed by atoms with Gasteiger partial charge >= 0.3 is 0 Å². The van der Waals surface area contributed by atoms with Gasteiger partial charge in [0.25, 0.3) is 0 Å². The maximum Gasteiger partial charge on any atom is 0.136 e. The van der Waals surface area contributed by atoms with Crippen molar-refractivity contribution in [3.8, 4) is 0 Å². The highest BCUT2D eigenvalue weighted by Crippen LogP contribution is 2.31. The number of hydrogen-bond donors (Lipinski definition) is 0. The molecule has 1 amide bonds. The first-order valence-corrected chi connectivity index (χ1v) is 5.96. The number of hydrogen-bond acceptors (Lipinski definition) is 2. The van der Waals surface area contributed by atoms with E-state index >= 15 is 0 Å². The van der Waals surface area contributed by atoms with Gasteiger partial charge < -0.3 is 14.8 Å². The third-order valence-corrected chi connectivity index (χ3v) is 4.69. The van der Waals surface area contributed by atoms with Gasteiger partial charge in [-0.05, 0) is 11.8 Å². The van der Waals surface area contributed by atoms with Crippen LogP contribution in [0.25, 0.3) is 0 Å². The summed E-state index contributed by atoms with van der Waals surface area (Å²) in [5, 5.41) is 10.8. The van der Waals surface area contributed by atoms with Crippen LogP contribution in [-0.4, -0.2) is 28.0 Å². The van der Waals surface area contributed by atoms with E-state index in [1.807, 2.05) is 6.92 Å². The molecule has 3 nitrogen and oxygen atoms in total. The number of carbonyl (C=O) groups excluding carboxylic acids is 1. The Hall–Kier alpha value is -0.260. The number of allylic oxidation sites excluding steroid dienone is 1. The molecule has 0 radical (unpaired) electrons. The molecule has 0 aliphatic heterocycles. The van der Waals surface area contributed by atoms with Crippen LogP contribution in [0.3, 0.4) is 0 Å². The topological polar surface area (TPSA) is 43.4 Å². The first kappa shape index (κ1) is 11.8. The molecule has 0 fully saturated rings. The highest BCUT2D eigenvalue weighted by atomic mass is 127. The van der Waals surface area contributed by atoms with Gasteiger partial charge in [-0.3, -0.25) is 0 Å². The summed E-state index contributed by atoms with van der Waals surface area (Å²) in [5.74, 6) is 0.676. The summed E-state index contributed by atoms with van der Waals surface area (Å²) in [7, 11) is 1.59. The molecule has 1 aliphatic carbocycles. The Morgan fingerprint density at radius 2 is 1.86 bits per heavy atom. The molecule has 0 aromatic heterocycles. The van der Waals surface area contributed by atoms with Gasteiger partial charge in [0.2, 0.25) is 0 Å². The highest BCUT2D eigenvalue weighted by Gasteiger charge is 2.33. The normalized spacial score (nSPS) is 36.9. The van der Waals surface area contributed by atoms with E-state index in [1.165, 1.54) is 4.90 Å². The lowest BCUT2D eigenvalue weighted by atomic mass is 9.85. The molecule has 4 unspecified atom stereocenters. The summed E-state index contributed by atoms with van der Waals surface area (Å²) < 4.78 is 0.315. The second-order valence-corrected chi connectivity index (χ2v) is 5.35. The fourth-order valence-electron chi connectivity index (χ4n) is 1.86. The fourth-order valence-corrected chi connectivity index (χ4v) is 3.24. The SMILES string of the molecule is CC1C=CC(C)C(N(C)C(=O)[O-])C1I. The summed E-state index contributed by atoms with van der Waals surface area (Å²) in [6, 6.07) is 0.0283. The highest BCUT2D eigenvalue weighted by molar-refractivity contribution is 14.1. The van der Waals surface area contributed by atoms with E-state index in [0.29, 0.717) is 9.84 Å². The van der Waals surface area contributed by atoms with Crippen molar-refractivity contribution in [2.24, 2.45) is 11.8 Å². The van der Waals surface area contributed by atoms with Crippen molar-refractivity contribution in [3.05, 3.63) is 12.2 Å². The van der Waals surface area contributed by atoms with Gasteiger partial charge in [0.05, 0.1) is 0 Å². The van der Waals surface area contributed by atoms with E-state index in [0.717, 1.165) is 0 Å². The molecular formula is C10H15INO2-. The monoisotopic (exact) mass is 308 g/mol. The number of alkyl halides is 1. The van der Waals surface area contributed by atoms with Gasteiger partial charge in [0, 0.05) is 17.0 Å². The lowest BCUT2D eigenvalue weighted by Gasteiger charge is -2.41. The smallest absolute Gasteiger partial charge is 0.136 e. The van der Waals surface area contributed by atoms with Gasteiger partial charge in [-0.25, -0.2) is 0 Å². The van der Waals surface area contributed by atoms with Gasteiger partial charge in [-0.1, -0.05) is 48.6 Å². The maximum atomic E-state index is 10.8. The first-order chi connectivity index (χ1) is 6.45. The minimum absolute atomic E-state index is 0.0283. The molecule has 0 heterocycles. The van der Waals surface area contributed by atoms with Crippen molar-refractivity contribution in [2.45, 2.75) is 23.8 Å². The van der Waals surface area contributed by atoms with Gasteiger partial charge in [-0.15, -0.1) is 0 Å². The molecule has 0 saturated carbocycles. The van der Waals surface area contributed by atoms with E-state index in [-0.39, 0.29) is 12.0 Å². The summed E-state index contributed by atoms with van der Waals surface area (Å²) in [5.41, 5.74) is 0. The molecule has 1 rings (SSSR count). The van der Waals surface area contributed by atoms with Gasteiger partial charge in [-0.2, -0.15) is 0 Å². The minimum Gasteiger partial charge on any atom is -0.530 e. The Kier molecular flexibility index (Phi) is 3.80. The van der Waals surface area contributed by atoms with Crippen molar-refractivity contribution in [1.82, 2.24) is 4.90 Å². The zero-order valence-electron chi connectivity index (χ0n) is 8.61. The number of carboxylic acid groups (broad SMARTS) is 1. The molecule has 4 atom stereocenters. The molecule has 0 N–H and O–H groups in total. The Labute approximate surface area is 98.3 Å². The van der Waals surface area contributed by atoms with Crippen LogP contribution in [0, 0.1) is 11.8 Å². The molecule has 14 heavy (non-hydrogen) atoms. The summed E-state index contributed by atoms with van der Waals surface area (Å²) >= 11 is 2.32. The van der Waals surface area contributed by atoms with Crippen LogP contribution in [0.1, 0.15) is 13.8 Å². The van der Waals surface area contributed by atoms with E-state index < -0.39 is 6.09 Å². The average Bonchev–Trinajstić information content (AvgIpc) is 2.12. The molecule has 0 aromatic carbocycles. The molecule has 0 spiro atoms.